The summed E-state index contributed by atoms with van der Waals surface area (Å²) < 4.78 is 2.22. The maximum absolute atomic E-state index is 2.89. The van der Waals surface area contributed by atoms with Gasteiger partial charge in [-0.3, -0.25) is 0 Å². The molecule has 0 bridgehead atoms. The molecule has 2 fully saturated rings. The van der Waals surface area contributed by atoms with Crippen LogP contribution in [0, 0.1) is 0 Å². The van der Waals surface area contributed by atoms with Crippen LogP contribution in [-0.4, -0.2) is 88.1 Å². The minimum atomic E-state index is -0.0150. The molecule has 2 saturated heterocycles. The van der Waals surface area contributed by atoms with Crippen molar-refractivity contribution in [2.24, 2.45) is 0 Å². The highest BCUT2D eigenvalue weighted by atomic mass is 15.9. The van der Waals surface area contributed by atoms with Gasteiger partial charge in [-0.05, 0) is 69.2 Å². The number of hydrogen-bond donors (Lipinski definition) is 0. The monoisotopic (exact) mass is 354 g/mol. The van der Waals surface area contributed by atoms with Crippen LogP contribution in [0.3, 0.4) is 0 Å². The third kappa shape index (κ3) is 2.55. The maximum atomic E-state index is 2.89. The van der Waals surface area contributed by atoms with Crippen LogP contribution < -0.4 is 0 Å². The first-order valence-corrected chi connectivity index (χ1v) is 10.4. The van der Waals surface area contributed by atoms with E-state index in [4.69, 9.17) is 0 Å². The molecule has 0 radical (unpaired) electrons. The third-order valence-electron chi connectivity index (χ3n) is 7.51. The van der Waals surface area contributed by atoms with Crippen molar-refractivity contribution in [1.29, 1.82) is 0 Å². The van der Waals surface area contributed by atoms with Gasteiger partial charge in [-0.2, -0.15) is 9.80 Å². The van der Waals surface area contributed by atoms with Gasteiger partial charge in [-0.15, -0.1) is 0 Å². The molecule has 2 aliphatic heterocycles. The summed E-state index contributed by atoms with van der Waals surface area (Å²) in [5.74, 6) is -0.0150. The summed E-state index contributed by atoms with van der Waals surface area (Å²) in [6.45, 7) is 28.9. The minimum absolute atomic E-state index is 0.0150. The highest BCUT2D eigenvalue weighted by Crippen LogP contribution is 2.55. The van der Waals surface area contributed by atoms with E-state index in [-0.39, 0.29) is 17.0 Å². The van der Waals surface area contributed by atoms with Gasteiger partial charge in [0.05, 0.1) is 39.8 Å². The Morgan fingerprint density at radius 3 is 1.80 bits per heavy atom. The lowest BCUT2D eigenvalue weighted by molar-refractivity contribution is -1.17. The van der Waals surface area contributed by atoms with Gasteiger partial charge in [0.25, 0.3) is 0 Å². The molecule has 3 unspecified atom stereocenters. The molecule has 0 amide bonds. The van der Waals surface area contributed by atoms with Crippen molar-refractivity contribution in [1.82, 2.24) is 9.80 Å². The maximum Gasteiger partial charge on any atom is 0.357 e. The molecule has 2 heterocycles. The second-order valence-corrected chi connectivity index (χ2v) is 11.1. The molecule has 0 N–H and O–H groups in total. The van der Waals surface area contributed by atoms with Gasteiger partial charge in [0.2, 0.25) is 0 Å². The smallest absolute Gasteiger partial charge is 0.244 e. The lowest BCUT2D eigenvalue weighted by Crippen LogP contribution is -2.85. The van der Waals surface area contributed by atoms with Gasteiger partial charge in [-0.1, -0.05) is 0 Å². The quantitative estimate of drug-likeness (QED) is 0.700. The van der Waals surface area contributed by atoms with Crippen LogP contribution in [0.25, 0.3) is 0 Å². The fourth-order valence-electron chi connectivity index (χ4n) is 6.40. The van der Waals surface area contributed by atoms with Gasteiger partial charge < -0.3 is 0 Å². The van der Waals surface area contributed by atoms with Crippen molar-refractivity contribution in [2.75, 3.05) is 40.3 Å². The van der Waals surface area contributed by atoms with E-state index in [1.54, 1.807) is 0 Å². The van der Waals surface area contributed by atoms with Gasteiger partial charge in [0.15, 0.2) is 0 Å². The number of hydrogen-bond acceptors (Lipinski definition) is 2. The number of likely N-dealkylation sites (N-methyl/N-ethyl adjacent to an activating group) is 2. The highest BCUT2D eigenvalue weighted by Gasteiger charge is 2.80. The Kier molecular flexibility index (Phi) is 5.01. The van der Waals surface area contributed by atoms with E-state index < -0.39 is 0 Å². The molecule has 0 aromatic heterocycles. The van der Waals surface area contributed by atoms with Crippen LogP contribution in [0.1, 0.15) is 69.2 Å². The average molecular weight is 355 g/mol. The minimum Gasteiger partial charge on any atom is -0.244 e. The summed E-state index contributed by atoms with van der Waals surface area (Å²) in [6, 6.07) is 1.20. The molecular formula is C21H46N4+2. The molecule has 25 heavy (non-hydrogen) atoms. The van der Waals surface area contributed by atoms with Crippen LogP contribution in [0.2, 0.25) is 0 Å². The fourth-order valence-corrected chi connectivity index (χ4v) is 6.40. The zero-order valence-corrected chi connectivity index (χ0v) is 19.3. The Hall–Kier alpha value is -0.160. The first-order chi connectivity index (χ1) is 11.1. The largest absolute Gasteiger partial charge is 0.357 e. The molecule has 0 aliphatic carbocycles. The van der Waals surface area contributed by atoms with Crippen molar-refractivity contribution in [3.05, 3.63) is 0 Å². The van der Waals surface area contributed by atoms with E-state index in [2.05, 4.69) is 93.1 Å². The van der Waals surface area contributed by atoms with E-state index >= 15 is 0 Å². The van der Waals surface area contributed by atoms with Crippen LogP contribution in [-0.2, 0) is 0 Å². The van der Waals surface area contributed by atoms with Crippen LogP contribution in [0.15, 0.2) is 0 Å². The SMILES string of the molecule is CC[N@+]1(C)CC(C)N(C(C)(C)C)C12N(C(C)(C)C)CC(C)[N@@+]2(C)CC. The van der Waals surface area contributed by atoms with Gasteiger partial charge in [-0.25, -0.2) is 8.97 Å². The number of rotatable bonds is 2. The molecule has 148 valence electrons. The summed E-state index contributed by atoms with van der Waals surface area (Å²) in [6.07, 6.45) is 0. The molecule has 5 atom stereocenters. The molecule has 2 rings (SSSR count). The van der Waals surface area contributed by atoms with Crippen molar-refractivity contribution < 1.29 is 8.97 Å². The standard InChI is InChI=1S/C21H46N4/c1-13-24(11)16-17(3)23(20(8,9)10)21(24)22(19(5,6)7)15-18(4)25(21,12)14-2/h17-18H,13-16H2,1-12H3/q+2/t17?,18?,21?,24-,25-/m1/s1. The fraction of sp³-hybridized carbons (Fsp3) is 1.00. The van der Waals surface area contributed by atoms with Gasteiger partial charge >= 0.3 is 5.91 Å². The number of quaternary nitrogens is 2. The summed E-state index contributed by atoms with van der Waals surface area (Å²) >= 11 is 0. The Labute approximate surface area is 157 Å². The lowest BCUT2D eigenvalue weighted by Gasteiger charge is -2.60. The van der Waals surface area contributed by atoms with E-state index in [1.165, 1.54) is 26.2 Å². The molecule has 0 saturated carbocycles. The third-order valence-corrected chi connectivity index (χ3v) is 7.51. The summed E-state index contributed by atoms with van der Waals surface area (Å²) in [5.41, 5.74) is 0.272. The lowest BCUT2D eigenvalue weighted by atomic mass is 10.00. The number of nitrogens with zero attached hydrogens (tertiary/aromatic N) is 4. The molecule has 0 aromatic carbocycles. The zero-order chi connectivity index (χ0) is 19.6. The average Bonchev–Trinajstić information content (AvgIpc) is 2.83. The first-order valence-electron chi connectivity index (χ1n) is 10.4. The van der Waals surface area contributed by atoms with Crippen molar-refractivity contribution in [2.45, 2.75) is 98.3 Å². The van der Waals surface area contributed by atoms with Crippen molar-refractivity contribution >= 4 is 0 Å². The van der Waals surface area contributed by atoms with Crippen LogP contribution in [0.5, 0.6) is 0 Å². The van der Waals surface area contributed by atoms with E-state index in [0.717, 1.165) is 8.97 Å². The Morgan fingerprint density at radius 2 is 1.44 bits per heavy atom. The van der Waals surface area contributed by atoms with E-state index in [0.29, 0.717) is 12.1 Å². The molecule has 4 heteroatoms. The summed E-state index contributed by atoms with van der Waals surface area (Å²) in [4.78, 5) is 5.76. The molecule has 4 nitrogen and oxygen atoms in total. The molecular weight excluding hydrogens is 308 g/mol. The predicted molar refractivity (Wildman–Crippen MR) is 108 cm³/mol. The zero-order valence-electron chi connectivity index (χ0n) is 19.3. The van der Waals surface area contributed by atoms with Crippen molar-refractivity contribution in [3.8, 4) is 0 Å². The molecule has 1 spiro atoms. The highest BCUT2D eigenvalue weighted by molar-refractivity contribution is 5.00. The second kappa shape index (κ2) is 5.92. The van der Waals surface area contributed by atoms with Gasteiger partial charge in [0.1, 0.15) is 12.6 Å². The van der Waals surface area contributed by atoms with E-state index in [1.807, 2.05) is 0 Å². The van der Waals surface area contributed by atoms with E-state index in [9.17, 15) is 0 Å². The molecule has 0 aromatic rings. The topological polar surface area (TPSA) is 6.48 Å². The summed E-state index contributed by atoms with van der Waals surface area (Å²) in [5, 5.41) is 0. The van der Waals surface area contributed by atoms with Crippen LogP contribution >= 0.6 is 0 Å². The molecule has 2 aliphatic rings. The first kappa shape index (κ1) is 21.1. The van der Waals surface area contributed by atoms with Crippen molar-refractivity contribution in [3.63, 3.8) is 0 Å². The second-order valence-electron chi connectivity index (χ2n) is 11.1. The Morgan fingerprint density at radius 1 is 0.920 bits per heavy atom. The normalized spacial score (nSPS) is 44.2. The summed E-state index contributed by atoms with van der Waals surface area (Å²) in [7, 11) is 5.05. The van der Waals surface area contributed by atoms with Gasteiger partial charge in [0, 0.05) is 11.1 Å². The van der Waals surface area contributed by atoms with Crippen LogP contribution in [0.4, 0.5) is 0 Å². The predicted octanol–water partition coefficient (Wildman–Crippen LogP) is 3.54. The Balaban J connectivity index is 2.90. The Bertz CT molecular complexity index is 505.